The van der Waals surface area contributed by atoms with Gasteiger partial charge in [-0.05, 0) is 25.5 Å². The third-order valence-corrected chi connectivity index (χ3v) is 5.18. The van der Waals surface area contributed by atoms with Crippen LogP contribution in [0.3, 0.4) is 0 Å². The molecule has 1 fully saturated rings. The molecular weight excluding hydrogens is 324 g/mol. The van der Waals surface area contributed by atoms with Gasteiger partial charge in [0, 0.05) is 24.1 Å². The molecule has 4 heteroatoms. The van der Waals surface area contributed by atoms with Crippen molar-refractivity contribution in [2.24, 2.45) is 0 Å². The van der Waals surface area contributed by atoms with Crippen molar-refractivity contribution < 1.29 is 9.63 Å². The van der Waals surface area contributed by atoms with Crippen molar-refractivity contribution in [3.8, 4) is 11.3 Å². The Bertz CT molecular complexity index is 842. The Kier molecular flexibility index (Phi) is 4.87. The van der Waals surface area contributed by atoms with E-state index in [1.165, 1.54) is 11.1 Å². The standard InChI is InChI=1S/C22H24N2O2/c1-16-7-9-18(10-8-16)21-13-19(26-23-21)14-24-12-11-20(22(25)15-24)17-5-3-2-4-6-17/h2-10,13,20,22,25H,11-12,14-15H2,1H3/t20-,22+/m0/s1. The maximum absolute atomic E-state index is 10.6. The van der Waals surface area contributed by atoms with Gasteiger partial charge in [-0.25, -0.2) is 0 Å². The topological polar surface area (TPSA) is 49.5 Å². The summed E-state index contributed by atoms with van der Waals surface area (Å²) in [5.74, 6) is 1.05. The van der Waals surface area contributed by atoms with E-state index in [1.807, 2.05) is 24.3 Å². The van der Waals surface area contributed by atoms with Gasteiger partial charge in [-0.1, -0.05) is 65.3 Å². The molecule has 0 amide bonds. The van der Waals surface area contributed by atoms with Crippen LogP contribution in [0.1, 0.15) is 29.2 Å². The number of piperidine rings is 1. The van der Waals surface area contributed by atoms with Gasteiger partial charge >= 0.3 is 0 Å². The number of aliphatic hydroxyl groups excluding tert-OH is 1. The molecule has 0 bridgehead atoms. The lowest BCUT2D eigenvalue weighted by Gasteiger charge is -2.35. The highest BCUT2D eigenvalue weighted by molar-refractivity contribution is 5.59. The smallest absolute Gasteiger partial charge is 0.151 e. The number of aliphatic hydroxyl groups is 1. The molecule has 1 aliphatic heterocycles. The van der Waals surface area contributed by atoms with Gasteiger partial charge in [-0.2, -0.15) is 0 Å². The Hall–Kier alpha value is -2.43. The molecule has 1 N–H and O–H groups in total. The van der Waals surface area contributed by atoms with E-state index in [9.17, 15) is 5.11 Å². The minimum atomic E-state index is -0.356. The normalized spacial score (nSPS) is 21.0. The predicted molar refractivity (Wildman–Crippen MR) is 102 cm³/mol. The molecule has 0 radical (unpaired) electrons. The largest absolute Gasteiger partial charge is 0.391 e. The zero-order valence-electron chi connectivity index (χ0n) is 15.0. The average Bonchev–Trinajstić information content (AvgIpc) is 3.11. The molecule has 134 valence electrons. The molecule has 0 unspecified atom stereocenters. The van der Waals surface area contributed by atoms with E-state index < -0.39 is 0 Å². The molecule has 0 spiro atoms. The number of hydrogen-bond acceptors (Lipinski definition) is 4. The second-order valence-corrected chi connectivity index (χ2v) is 7.15. The minimum absolute atomic E-state index is 0.213. The first-order chi connectivity index (χ1) is 12.7. The van der Waals surface area contributed by atoms with Gasteiger partial charge in [0.25, 0.3) is 0 Å². The van der Waals surface area contributed by atoms with Crippen LogP contribution in [0, 0.1) is 6.92 Å². The summed E-state index contributed by atoms with van der Waals surface area (Å²) in [5.41, 5.74) is 4.38. The molecule has 1 aliphatic rings. The van der Waals surface area contributed by atoms with Crippen LogP contribution in [0.15, 0.2) is 65.2 Å². The lowest BCUT2D eigenvalue weighted by molar-refractivity contribution is 0.0438. The summed E-state index contributed by atoms with van der Waals surface area (Å²) in [4.78, 5) is 2.24. The first-order valence-electron chi connectivity index (χ1n) is 9.17. The molecular formula is C22H24N2O2. The summed E-state index contributed by atoms with van der Waals surface area (Å²) in [6.07, 6.45) is 0.593. The van der Waals surface area contributed by atoms with Crippen LogP contribution in [0.5, 0.6) is 0 Å². The maximum Gasteiger partial charge on any atom is 0.151 e. The average molecular weight is 348 g/mol. The third kappa shape index (κ3) is 3.71. The van der Waals surface area contributed by atoms with Crippen molar-refractivity contribution in [2.45, 2.75) is 31.9 Å². The Labute approximate surface area is 154 Å². The number of β-amino-alcohol motifs (C(OH)–C–C–N with tert-alkyl or cyclic N) is 1. The number of aromatic nitrogens is 1. The zero-order valence-corrected chi connectivity index (χ0v) is 15.0. The van der Waals surface area contributed by atoms with E-state index in [0.717, 1.165) is 30.0 Å². The van der Waals surface area contributed by atoms with Crippen molar-refractivity contribution in [3.63, 3.8) is 0 Å². The number of hydrogen-bond donors (Lipinski definition) is 1. The quantitative estimate of drug-likeness (QED) is 0.774. The highest BCUT2D eigenvalue weighted by atomic mass is 16.5. The highest BCUT2D eigenvalue weighted by Gasteiger charge is 2.29. The summed E-state index contributed by atoms with van der Waals surface area (Å²) in [6, 6.07) is 20.6. The number of rotatable bonds is 4. The van der Waals surface area contributed by atoms with Crippen LogP contribution < -0.4 is 0 Å². The molecule has 3 aromatic rings. The van der Waals surface area contributed by atoms with Gasteiger partial charge in [0.05, 0.1) is 12.6 Å². The van der Waals surface area contributed by atoms with Crippen LogP contribution >= 0.6 is 0 Å². The van der Waals surface area contributed by atoms with Crippen molar-refractivity contribution in [1.82, 2.24) is 10.1 Å². The monoisotopic (exact) mass is 348 g/mol. The second-order valence-electron chi connectivity index (χ2n) is 7.15. The number of aryl methyl sites for hydroxylation is 1. The fourth-order valence-electron chi connectivity index (χ4n) is 3.70. The van der Waals surface area contributed by atoms with Gasteiger partial charge in [0.15, 0.2) is 5.76 Å². The lowest BCUT2D eigenvalue weighted by atomic mass is 9.87. The fraction of sp³-hybridized carbons (Fsp3) is 0.318. The van der Waals surface area contributed by atoms with E-state index in [0.29, 0.717) is 13.1 Å². The zero-order chi connectivity index (χ0) is 17.9. The first-order valence-corrected chi connectivity index (χ1v) is 9.17. The number of likely N-dealkylation sites (tertiary alicyclic amines) is 1. The lowest BCUT2D eigenvalue weighted by Crippen LogP contribution is -2.42. The molecule has 4 rings (SSSR count). The summed E-state index contributed by atoms with van der Waals surface area (Å²) in [6.45, 7) is 4.34. The Morgan fingerprint density at radius 3 is 2.62 bits per heavy atom. The molecule has 1 saturated heterocycles. The Balaban J connectivity index is 1.39. The van der Waals surface area contributed by atoms with E-state index >= 15 is 0 Å². The van der Waals surface area contributed by atoms with E-state index in [2.05, 4.69) is 53.4 Å². The molecule has 26 heavy (non-hydrogen) atoms. The summed E-state index contributed by atoms with van der Waals surface area (Å²) >= 11 is 0. The predicted octanol–water partition coefficient (Wildman–Crippen LogP) is 4.00. The van der Waals surface area contributed by atoms with E-state index in [-0.39, 0.29) is 12.0 Å². The molecule has 2 atom stereocenters. The molecule has 4 nitrogen and oxygen atoms in total. The molecule has 1 aromatic heterocycles. The summed E-state index contributed by atoms with van der Waals surface area (Å²) in [7, 11) is 0. The van der Waals surface area contributed by atoms with Crippen molar-refractivity contribution in [1.29, 1.82) is 0 Å². The van der Waals surface area contributed by atoms with Crippen LogP contribution in [0.2, 0.25) is 0 Å². The van der Waals surface area contributed by atoms with Gasteiger partial charge < -0.3 is 9.63 Å². The number of benzene rings is 2. The van der Waals surface area contributed by atoms with Crippen molar-refractivity contribution in [2.75, 3.05) is 13.1 Å². The Morgan fingerprint density at radius 2 is 1.88 bits per heavy atom. The van der Waals surface area contributed by atoms with Gasteiger partial charge in [0.1, 0.15) is 5.69 Å². The second kappa shape index (κ2) is 7.44. The van der Waals surface area contributed by atoms with E-state index in [1.54, 1.807) is 0 Å². The molecule has 0 saturated carbocycles. The van der Waals surface area contributed by atoms with Crippen LogP contribution in [-0.4, -0.2) is 34.4 Å². The van der Waals surface area contributed by atoms with Crippen LogP contribution in [0.4, 0.5) is 0 Å². The third-order valence-electron chi connectivity index (χ3n) is 5.18. The summed E-state index contributed by atoms with van der Waals surface area (Å²) < 4.78 is 5.53. The van der Waals surface area contributed by atoms with E-state index in [4.69, 9.17) is 4.52 Å². The molecule has 0 aliphatic carbocycles. The molecule has 2 aromatic carbocycles. The fourth-order valence-corrected chi connectivity index (χ4v) is 3.70. The van der Waals surface area contributed by atoms with Crippen molar-refractivity contribution in [3.05, 3.63) is 77.6 Å². The van der Waals surface area contributed by atoms with Crippen LogP contribution in [-0.2, 0) is 6.54 Å². The minimum Gasteiger partial charge on any atom is -0.391 e. The molecule has 2 heterocycles. The first kappa shape index (κ1) is 17.0. The SMILES string of the molecule is Cc1ccc(-c2cc(CN3CC[C@@H](c4ccccc4)[C@H](O)C3)on2)cc1. The summed E-state index contributed by atoms with van der Waals surface area (Å²) in [5, 5.41) is 14.8. The number of nitrogens with zero attached hydrogens (tertiary/aromatic N) is 2. The van der Waals surface area contributed by atoms with Crippen molar-refractivity contribution >= 4 is 0 Å². The van der Waals surface area contributed by atoms with Crippen LogP contribution in [0.25, 0.3) is 11.3 Å². The van der Waals surface area contributed by atoms with Gasteiger partial charge in [-0.15, -0.1) is 0 Å². The maximum atomic E-state index is 10.6. The van der Waals surface area contributed by atoms with Gasteiger partial charge in [-0.3, -0.25) is 4.90 Å². The Morgan fingerprint density at radius 1 is 1.12 bits per heavy atom. The van der Waals surface area contributed by atoms with Gasteiger partial charge in [0.2, 0.25) is 0 Å². The highest BCUT2D eigenvalue weighted by Crippen LogP contribution is 2.29.